The number of nitrogens with zero attached hydrogens (tertiary/aromatic N) is 1. The van der Waals surface area contributed by atoms with Crippen molar-refractivity contribution in [1.29, 1.82) is 0 Å². The second-order valence-corrected chi connectivity index (χ2v) is 9.87. The molecule has 0 fully saturated rings. The van der Waals surface area contributed by atoms with Crippen molar-refractivity contribution in [2.45, 2.75) is 24.3 Å². The van der Waals surface area contributed by atoms with Crippen LogP contribution in [-0.2, 0) is 15.6 Å². The summed E-state index contributed by atoms with van der Waals surface area (Å²) >= 11 is 1.45. The van der Waals surface area contributed by atoms with Gasteiger partial charge in [-0.05, 0) is 36.6 Å². The number of rotatable bonds is 6. The van der Waals surface area contributed by atoms with E-state index < -0.39 is 15.6 Å². The van der Waals surface area contributed by atoms with Crippen LogP contribution >= 0.6 is 11.3 Å². The van der Waals surface area contributed by atoms with E-state index in [0.717, 1.165) is 15.6 Å². The van der Waals surface area contributed by atoms with Gasteiger partial charge in [0.05, 0.1) is 4.90 Å². The molecule has 0 saturated carbocycles. The fourth-order valence-corrected chi connectivity index (χ4v) is 5.19. The molecule has 29 heavy (non-hydrogen) atoms. The highest BCUT2D eigenvalue weighted by Crippen LogP contribution is 2.33. The number of sulfonamides is 1. The minimum Gasteiger partial charge on any atom is -0.449 e. The van der Waals surface area contributed by atoms with Gasteiger partial charge < -0.3 is 9.52 Å². The van der Waals surface area contributed by atoms with E-state index in [1.54, 1.807) is 26.0 Å². The molecule has 4 aromatic rings. The van der Waals surface area contributed by atoms with Crippen LogP contribution in [0.5, 0.6) is 0 Å². The van der Waals surface area contributed by atoms with Crippen molar-refractivity contribution in [3.63, 3.8) is 0 Å². The number of aromatic nitrogens is 1. The zero-order valence-electron chi connectivity index (χ0n) is 15.9. The van der Waals surface area contributed by atoms with Crippen LogP contribution in [0.1, 0.15) is 17.7 Å². The molecule has 2 N–H and O–H groups in total. The van der Waals surface area contributed by atoms with Crippen LogP contribution < -0.4 is 4.72 Å². The van der Waals surface area contributed by atoms with Crippen LogP contribution in [0.4, 0.5) is 0 Å². The van der Waals surface area contributed by atoms with Crippen molar-refractivity contribution in [2.24, 2.45) is 0 Å². The number of hydrogen-bond acceptors (Lipinski definition) is 6. The SMILES string of the molecule is Cc1nc(-c2ccc(S(=O)(=O)NCC(C)(O)c3cc4ccccc4s3)cc2)co1. The van der Waals surface area contributed by atoms with E-state index in [1.165, 1.54) is 29.7 Å². The summed E-state index contributed by atoms with van der Waals surface area (Å²) in [6.07, 6.45) is 1.53. The molecule has 0 spiro atoms. The first-order chi connectivity index (χ1) is 13.7. The molecule has 8 heteroatoms. The molecule has 0 saturated heterocycles. The summed E-state index contributed by atoms with van der Waals surface area (Å²) in [5.41, 5.74) is 0.0831. The van der Waals surface area contributed by atoms with Crippen LogP contribution in [0.15, 0.2) is 70.2 Å². The molecule has 4 rings (SSSR count). The third-order valence-corrected chi connectivity index (χ3v) is 7.43. The molecule has 0 aliphatic heterocycles. The van der Waals surface area contributed by atoms with Gasteiger partial charge >= 0.3 is 0 Å². The minimum atomic E-state index is -3.77. The van der Waals surface area contributed by atoms with E-state index in [4.69, 9.17) is 4.42 Å². The standard InChI is InChI=1S/C21H20N2O4S2/c1-14-23-18(12-27-14)15-7-9-17(10-8-15)29(25,26)22-13-21(2,24)20-11-16-5-3-4-6-19(16)28-20/h3-12,22,24H,13H2,1-2H3. The molecule has 6 nitrogen and oxygen atoms in total. The summed E-state index contributed by atoms with van der Waals surface area (Å²) in [7, 11) is -3.77. The van der Waals surface area contributed by atoms with Gasteiger partial charge in [-0.25, -0.2) is 18.1 Å². The highest BCUT2D eigenvalue weighted by atomic mass is 32.2. The first-order valence-electron chi connectivity index (χ1n) is 8.98. The van der Waals surface area contributed by atoms with Crippen molar-refractivity contribution >= 4 is 31.4 Å². The number of aryl methyl sites for hydroxylation is 1. The number of hydrogen-bond donors (Lipinski definition) is 2. The van der Waals surface area contributed by atoms with Gasteiger partial charge in [0.1, 0.15) is 17.6 Å². The van der Waals surface area contributed by atoms with E-state index in [1.807, 2.05) is 30.3 Å². The quantitative estimate of drug-likeness (QED) is 0.483. The van der Waals surface area contributed by atoms with Gasteiger partial charge in [0.2, 0.25) is 10.0 Å². The van der Waals surface area contributed by atoms with Crippen LogP contribution in [0, 0.1) is 6.92 Å². The Kier molecular flexibility index (Phi) is 5.04. The Hall–Kier alpha value is -2.52. The lowest BCUT2D eigenvalue weighted by atomic mass is 10.1. The third-order valence-electron chi connectivity index (χ3n) is 4.64. The average molecular weight is 429 g/mol. The van der Waals surface area contributed by atoms with Crippen LogP contribution in [0.25, 0.3) is 21.3 Å². The molecule has 0 amide bonds. The molecule has 150 valence electrons. The lowest BCUT2D eigenvalue weighted by Gasteiger charge is -2.22. The van der Waals surface area contributed by atoms with Crippen molar-refractivity contribution < 1.29 is 17.9 Å². The number of oxazole rings is 1. The summed E-state index contributed by atoms with van der Waals surface area (Å²) < 4.78 is 34.1. The predicted molar refractivity (Wildman–Crippen MR) is 113 cm³/mol. The molecular weight excluding hydrogens is 408 g/mol. The topological polar surface area (TPSA) is 92.4 Å². The van der Waals surface area contributed by atoms with Gasteiger partial charge in [-0.2, -0.15) is 0 Å². The summed E-state index contributed by atoms with van der Waals surface area (Å²) in [6, 6.07) is 16.1. The summed E-state index contributed by atoms with van der Waals surface area (Å²) in [5, 5.41) is 11.9. The van der Waals surface area contributed by atoms with Crippen LogP contribution in [0.2, 0.25) is 0 Å². The Bertz CT molecular complexity index is 1220. The highest BCUT2D eigenvalue weighted by Gasteiger charge is 2.28. The van der Waals surface area contributed by atoms with E-state index in [9.17, 15) is 13.5 Å². The lowest BCUT2D eigenvalue weighted by molar-refractivity contribution is 0.0666. The Balaban J connectivity index is 1.50. The molecule has 2 aromatic carbocycles. The molecule has 1 atom stereocenters. The van der Waals surface area contributed by atoms with E-state index >= 15 is 0 Å². The maximum Gasteiger partial charge on any atom is 0.240 e. The largest absolute Gasteiger partial charge is 0.449 e. The first-order valence-corrected chi connectivity index (χ1v) is 11.3. The maximum atomic E-state index is 12.7. The number of nitrogens with one attached hydrogen (secondary N) is 1. The molecule has 1 unspecified atom stereocenters. The Labute approximate surface area is 172 Å². The van der Waals surface area contributed by atoms with Gasteiger partial charge in [0.25, 0.3) is 0 Å². The molecular formula is C21H20N2O4S2. The molecule has 2 heterocycles. The van der Waals surface area contributed by atoms with Crippen molar-refractivity contribution in [3.05, 3.63) is 71.6 Å². The van der Waals surface area contributed by atoms with Crippen molar-refractivity contribution in [3.8, 4) is 11.3 Å². The molecule has 2 aromatic heterocycles. The van der Waals surface area contributed by atoms with Gasteiger partial charge in [0, 0.05) is 28.6 Å². The number of benzene rings is 2. The van der Waals surface area contributed by atoms with Crippen molar-refractivity contribution in [1.82, 2.24) is 9.71 Å². The smallest absolute Gasteiger partial charge is 0.240 e. The van der Waals surface area contributed by atoms with Crippen LogP contribution in [0.3, 0.4) is 0 Å². The van der Waals surface area contributed by atoms with E-state index in [2.05, 4.69) is 9.71 Å². The predicted octanol–water partition coefficient (Wildman–Crippen LogP) is 4.05. The third kappa shape index (κ3) is 4.11. The second kappa shape index (κ2) is 7.38. The normalized spacial score (nSPS) is 14.2. The summed E-state index contributed by atoms with van der Waals surface area (Å²) in [5.74, 6) is 0.543. The number of fused-ring (bicyclic) bond motifs is 1. The highest BCUT2D eigenvalue weighted by molar-refractivity contribution is 7.89. The van der Waals surface area contributed by atoms with Crippen LogP contribution in [-0.4, -0.2) is 25.1 Å². The summed E-state index contributed by atoms with van der Waals surface area (Å²) in [4.78, 5) is 5.05. The number of thiophene rings is 1. The zero-order chi connectivity index (χ0) is 20.6. The Morgan fingerprint density at radius 2 is 1.90 bits per heavy atom. The maximum absolute atomic E-state index is 12.7. The van der Waals surface area contributed by atoms with Gasteiger partial charge in [0.15, 0.2) is 5.89 Å². The van der Waals surface area contributed by atoms with Gasteiger partial charge in [-0.15, -0.1) is 11.3 Å². The lowest BCUT2D eigenvalue weighted by Crippen LogP contribution is -2.38. The Morgan fingerprint density at radius 3 is 2.55 bits per heavy atom. The Morgan fingerprint density at radius 1 is 1.17 bits per heavy atom. The van der Waals surface area contributed by atoms with E-state index in [-0.39, 0.29) is 11.4 Å². The molecule has 0 aliphatic rings. The van der Waals surface area contributed by atoms with Crippen molar-refractivity contribution in [2.75, 3.05) is 6.54 Å². The first kappa shape index (κ1) is 19.8. The number of aliphatic hydroxyl groups is 1. The fraction of sp³-hybridized carbons (Fsp3) is 0.190. The molecule has 0 aliphatic carbocycles. The summed E-state index contributed by atoms with van der Waals surface area (Å²) in [6.45, 7) is 3.22. The van der Waals surface area contributed by atoms with Gasteiger partial charge in [-0.1, -0.05) is 30.3 Å². The monoisotopic (exact) mass is 428 g/mol. The molecule has 0 radical (unpaired) electrons. The van der Waals surface area contributed by atoms with E-state index in [0.29, 0.717) is 16.5 Å². The average Bonchev–Trinajstić information content (AvgIpc) is 3.33. The van der Waals surface area contributed by atoms with Gasteiger partial charge in [-0.3, -0.25) is 0 Å². The minimum absolute atomic E-state index is 0.119. The second-order valence-electron chi connectivity index (χ2n) is 7.02. The fourth-order valence-electron chi connectivity index (χ4n) is 2.95. The zero-order valence-corrected chi connectivity index (χ0v) is 17.5. The molecule has 0 bridgehead atoms.